The summed E-state index contributed by atoms with van der Waals surface area (Å²) in [5, 5.41) is 1.14. The number of anilines is 1. The molecule has 0 spiro atoms. The van der Waals surface area contributed by atoms with E-state index in [1.165, 1.54) is 12.1 Å². The minimum absolute atomic E-state index is 0.108. The maximum atomic E-state index is 13.1. The zero-order valence-electron chi connectivity index (χ0n) is 16.4. The van der Waals surface area contributed by atoms with Gasteiger partial charge in [0, 0.05) is 33.1 Å². The van der Waals surface area contributed by atoms with Crippen LogP contribution in [0.5, 0.6) is 0 Å². The molecule has 154 valence electrons. The van der Waals surface area contributed by atoms with Gasteiger partial charge in [-0.1, -0.05) is 35.9 Å². The maximum absolute atomic E-state index is 13.1. The van der Waals surface area contributed by atoms with Crippen molar-refractivity contribution < 1.29 is 8.42 Å². The van der Waals surface area contributed by atoms with Crippen molar-refractivity contribution in [1.29, 1.82) is 0 Å². The summed E-state index contributed by atoms with van der Waals surface area (Å²) in [5.41, 5.74) is 10.00. The Kier molecular flexibility index (Phi) is 5.55. The number of aryl methyl sites for hydroxylation is 2. The highest BCUT2D eigenvalue weighted by atomic mass is 35.5. The van der Waals surface area contributed by atoms with Crippen molar-refractivity contribution in [3.05, 3.63) is 75.8 Å². The molecule has 0 aliphatic heterocycles. The Balaban J connectivity index is 1.92. The van der Waals surface area contributed by atoms with Crippen LogP contribution in [-0.4, -0.2) is 13.4 Å². The van der Waals surface area contributed by atoms with E-state index in [1.807, 2.05) is 38.1 Å². The van der Waals surface area contributed by atoms with Crippen molar-refractivity contribution in [3.63, 3.8) is 0 Å². The van der Waals surface area contributed by atoms with E-state index in [0.717, 1.165) is 37.5 Å². The molecule has 0 aliphatic carbocycles. The van der Waals surface area contributed by atoms with Crippen LogP contribution in [0.3, 0.4) is 0 Å². The van der Waals surface area contributed by atoms with Gasteiger partial charge in [-0.25, -0.2) is 13.4 Å². The van der Waals surface area contributed by atoms with Gasteiger partial charge in [-0.05, 0) is 55.3 Å². The predicted molar refractivity (Wildman–Crippen MR) is 125 cm³/mol. The average Bonchev–Trinajstić information content (AvgIpc) is 3.03. The van der Waals surface area contributed by atoms with E-state index in [9.17, 15) is 8.42 Å². The normalized spacial score (nSPS) is 11.7. The third-order valence-corrected chi connectivity index (χ3v) is 7.37. The van der Waals surface area contributed by atoms with Crippen molar-refractivity contribution in [1.82, 2.24) is 4.98 Å². The number of hydrogen-bond donors (Lipinski definition) is 2. The fourth-order valence-electron chi connectivity index (χ4n) is 3.45. The van der Waals surface area contributed by atoms with Crippen molar-refractivity contribution in [2.24, 2.45) is 5.73 Å². The number of halogens is 1. The van der Waals surface area contributed by atoms with Gasteiger partial charge in [0.25, 0.3) is 10.0 Å². The standard InChI is InChI=1S/C22H20ClN3O2S2/c1-13-9-19(26-30(27,28)18-8-4-7-17(23)11-18)21-20(14(2)29-22(21)25-13)16-6-3-5-15(10-16)12-24/h3-11H,12,24H2,1-2H3,(H,25,26). The van der Waals surface area contributed by atoms with Crippen LogP contribution in [0.2, 0.25) is 5.02 Å². The number of nitrogens with two attached hydrogens (primary N) is 1. The van der Waals surface area contributed by atoms with Crippen molar-refractivity contribution >= 4 is 48.9 Å². The fourth-order valence-corrected chi connectivity index (χ4v) is 5.93. The molecule has 0 radical (unpaired) electrons. The number of fused-ring (bicyclic) bond motifs is 1. The van der Waals surface area contributed by atoms with Gasteiger partial charge in [0.05, 0.1) is 10.6 Å². The first-order valence-electron chi connectivity index (χ1n) is 9.27. The molecule has 8 heteroatoms. The first-order chi connectivity index (χ1) is 14.3. The quantitative estimate of drug-likeness (QED) is 0.414. The summed E-state index contributed by atoms with van der Waals surface area (Å²) in [6.45, 7) is 4.29. The number of pyridine rings is 1. The number of sulfonamides is 1. The van der Waals surface area contributed by atoms with E-state index < -0.39 is 10.0 Å². The smallest absolute Gasteiger partial charge is 0.261 e. The summed E-state index contributed by atoms with van der Waals surface area (Å²) in [4.78, 5) is 6.59. The molecule has 0 unspecified atom stereocenters. The summed E-state index contributed by atoms with van der Waals surface area (Å²) in [5.74, 6) is 0. The van der Waals surface area contributed by atoms with Crippen molar-refractivity contribution in [2.45, 2.75) is 25.3 Å². The molecule has 3 N–H and O–H groups in total. The summed E-state index contributed by atoms with van der Waals surface area (Å²) in [6, 6.07) is 15.9. The van der Waals surface area contributed by atoms with E-state index in [-0.39, 0.29) is 4.90 Å². The molecule has 2 aromatic carbocycles. The van der Waals surface area contributed by atoms with Crippen LogP contribution in [-0.2, 0) is 16.6 Å². The van der Waals surface area contributed by atoms with Gasteiger partial charge in [0.15, 0.2) is 0 Å². The van der Waals surface area contributed by atoms with Crippen LogP contribution in [0.4, 0.5) is 5.69 Å². The van der Waals surface area contributed by atoms with E-state index in [2.05, 4.69) is 9.71 Å². The lowest BCUT2D eigenvalue weighted by Gasteiger charge is -2.12. The highest BCUT2D eigenvalue weighted by molar-refractivity contribution is 7.92. The molecule has 4 rings (SSSR count). The molecule has 0 amide bonds. The minimum Gasteiger partial charge on any atom is -0.326 e. The highest BCUT2D eigenvalue weighted by Crippen LogP contribution is 2.42. The number of hydrogen-bond acceptors (Lipinski definition) is 5. The molecule has 0 bridgehead atoms. The third kappa shape index (κ3) is 3.94. The third-order valence-electron chi connectivity index (χ3n) is 4.77. The Morgan fingerprint density at radius 1 is 1.10 bits per heavy atom. The fraction of sp³-hybridized carbons (Fsp3) is 0.136. The van der Waals surface area contributed by atoms with Crippen LogP contribution in [0, 0.1) is 13.8 Å². The first kappa shape index (κ1) is 20.8. The van der Waals surface area contributed by atoms with E-state index in [4.69, 9.17) is 17.3 Å². The van der Waals surface area contributed by atoms with Crippen molar-refractivity contribution in [3.8, 4) is 11.1 Å². The number of nitrogens with zero attached hydrogens (tertiary/aromatic N) is 1. The SMILES string of the molecule is Cc1cc(NS(=O)(=O)c2cccc(Cl)c2)c2c(-c3cccc(CN)c3)c(C)sc2n1. The average molecular weight is 458 g/mol. The van der Waals surface area contributed by atoms with Gasteiger partial charge in [-0.15, -0.1) is 11.3 Å². The van der Waals surface area contributed by atoms with Crippen LogP contribution >= 0.6 is 22.9 Å². The Morgan fingerprint density at radius 3 is 2.60 bits per heavy atom. The lowest BCUT2D eigenvalue weighted by atomic mass is 10.00. The van der Waals surface area contributed by atoms with Crippen molar-refractivity contribution in [2.75, 3.05) is 4.72 Å². The van der Waals surface area contributed by atoms with Crippen LogP contribution in [0.1, 0.15) is 16.1 Å². The Hall–Kier alpha value is -2.45. The molecule has 2 heterocycles. The second kappa shape index (κ2) is 8.00. The topological polar surface area (TPSA) is 85.1 Å². The molecule has 0 atom stereocenters. The highest BCUT2D eigenvalue weighted by Gasteiger charge is 2.21. The number of benzene rings is 2. The van der Waals surface area contributed by atoms with E-state index in [1.54, 1.807) is 29.5 Å². The lowest BCUT2D eigenvalue weighted by Crippen LogP contribution is -2.13. The summed E-state index contributed by atoms with van der Waals surface area (Å²) >= 11 is 7.54. The Morgan fingerprint density at radius 2 is 1.87 bits per heavy atom. The van der Waals surface area contributed by atoms with E-state index >= 15 is 0 Å². The first-order valence-corrected chi connectivity index (χ1v) is 11.9. The minimum atomic E-state index is -3.82. The van der Waals surface area contributed by atoms with Gasteiger partial charge in [0.2, 0.25) is 0 Å². The monoisotopic (exact) mass is 457 g/mol. The number of aromatic nitrogens is 1. The van der Waals surface area contributed by atoms with E-state index in [0.29, 0.717) is 17.3 Å². The van der Waals surface area contributed by atoms with Crippen LogP contribution in [0.25, 0.3) is 21.3 Å². The van der Waals surface area contributed by atoms with Gasteiger partial charge >= 0.3 is 0 Å². The Labute approximate surface area is 184 Å². The molecular formula is C22H20ClN3O2S2. The van der Waals surface area contributed by atoms with Gasteiger partial charge in [-0.3, -0.25) is 4.72 Å². The zero-order valence-corrected chi connectivity index (χ0v) is 18.8. The molecule has 30 heavy (non-hydrogen) atoms. The molecule has 5 nitrogen and oxygen atoms in total. The second-order valence-corrected chi connectivity index (χ2v) is 10.3. The molecule has 0 saturated carbocycles. The molecular weight excluding hydrogens is 438 g/mol. The lowest BCUT2D eigenvalue weighted by molar-refractivity contribution is 0.601. The molecule has 0 saturated heterocycles. The number of nitrogens with one attached hydrogen (secondary N) is 1. The zero-order chi connectivity index (χ0) is 21.5. The van der Waals surface area contributed by atoms with Gasteiger partial charge in [0.1, 0.15) is 4.83 Å². The molecule has 2 aromatic heterocycles. The molecule has 4 aromatic rings. The number of thiophene rings is 1. The number of rotatable bonds is 5. The second-order valence-electron chi connectivity index (χ2n) is 6.99. The predicted octanol–water partition coefficient (Wildman–Crippen LogP) is 5.49. The summed E-state index contributed by atoms with van der Waals surface area (Å²) in [7, 11) is -3.82. The maximum Gasteiger partial charge on any atom is 0.261 e. The summed E-state index contributed by atoms with van der Waals surface area (Å²) < 4.78 is 28.9. The molecule has 0 aliphatic rings. The van der Waals surface area contributed by atoms with Crippen LogP contribution < -0.4 is 10.5 Å². The Bertz CT molecular complexity index is 1360. The largest absolute Gasteiger partial charge is 0.326 e. The van der Waals surface area contributed by atoms with Crippen LogP contribution in [0.15, 0.2) is 59.5 Å². The van der Waals surface area contributed by atoms with Gasteiger partial charge < -0.3 is 5.73 Å². The molecule has 0 fully saturated rings. The van der Waals surface area contributed by atoms with Gasteiger partial charge in [-0.2, -0.15) is 0 Å². The summed E-state index contributed by atoms with van der Waals surface area (Å²) in [6.07, 6.45) is 0.